The van der Waals surface area contributed by atoms with Crippen molar-refractivity contribution in [1.82, 2.24) is 14.8 Å². The molecule has 0 saturated carbocycles. The minimum atomic E-state index is -0.804. The van der Waals surface area contributed by atoms with Crippen LogP contribution in [0.5, 0.6) is 0 Å². The van der Waals surface area contributed by atoms with E-state index < -0.39 is 6.04 Å². The molecule has 31 heavy (non-hydrogen) atoms. The summed E-state index contributed by atoms with van der Waals surface area (Å²) in [5, 5.41) is 4.48. The van der Waals surface area contributed by atoms with Gasteiger partial charge in [0.15, 0.2) is 0 Å². The largest absolute Gasteiger partial charge is 0.290 e. The van der Waals surface area contributed by atoms with Crippen molar-refractivity contribution in [3.8, 4) is 11.3 Å². The van der Waals surface area contributed by atoms with Gasteiger partial charge in [0.05, 0.1) is 12.2 Å². The van der Waals surface area contributed by atoms with Crippen LogP contribution in [0.15, 0.2) is 102 Å². The third-order valence-corrected chi connectivity index (χ3v) is 4.99. The first-order chi connectivity index (χ1) is 15.1. The molecule has 6 nitrogen and oxygen atoms in total. The third kappa shape index (κ3) is 4.59. The molecule has 0 spiro atoms. The standard InChI is InChI=1S/C25H22N4O2/c1-19(29-24(30)16-15-22(27-29)21-12-6-3-7-13-21)25(31)28(23-14-8-9-17-26-23)18-20-10-4-2-5-11-20/h2-17,19H,18H2,1H3. The Morgan fingerprint density at radius 2 is 1.58 bits per heavy atom. The molecule has 6 heteroatoms. The van der Waals surface area contributed by atoms with Gasteiger partial charge in [-0.15, -0.1) is 0 Å². The summed E-state index contributed by atoms with van der Waals surface area (Å²) in [4.78, 5) is 32.1. The summed E-state index contributed by atoms with van der Waals surface area (Å²) in [5.74, 6) is 0.262. The van der Waals surface area contributed by atoms with Crippen LogP contribution < -0.4 is 10.5 Å². The van der Waals surface area contributed by atoms with Gasteiger partial charge >= 0.3 is 0 Å². The first-order valence-electron chi connectivity index (χ1n) is 10.0. The molecule has 1 amide bonds. The van der Waals surface area contributed by atoms with Crippen LogP contribution in [-0.4, -0.2) is 20.7 Å². The van der Waals surface area contributed by atoms with Crippen LogP contribution in [0.3, 0.4) is 0 Å². The van der Waals surface area contributed by atoms with E-state index in [1.165, 1.54) is 10.7 Å². The molecule has 0 aliphatic carbocycles. The first-order valence-corrected chi connectivity index (χ1v) is 10.0. The lowest BCUT2D eigenvalue weighted by Gasteiger charge is -2.25. The second kappa shape index (κ2) is 9.17. The van der Waals surface area contributed by atoms with Crippen molar-refractivity contribution in [2.45, 2.75) is 19.5 Å². The molecule has 1 unspecified atom stereocenters. The Morgan fingerprint density at radius 3 is 2.26 bits per heavy atom. The van der Waals surface area contributed by atoms with Crippen molar-refractivity contribution >= 4 is 11.7 Å². The third-order valence-electron chi connectivity index (χ3n) is 4.99. The number of carbonyl (C=O) groups is 1. The lowest BCUT2D eigenvalue weighted by molar-refractivity contribution is -0.121. The number of aromatic nitrogens is 3. The lowest BCUT2D eigenvalue weighted by atomic mass is 10.1. The van der Waals surface area contributed by atoms with E-state index in [9.17, 15) is 9.59 Å². The summed E-state index contributed by atoms with van der Waals surface area (Å²) < 4.78 is 1.24. The summed E-state index contributed by atoms with van der Waals surface area (Å²) in [5.41, 5.74) is 2.14. The number of anilines is 1. The highest BCUT2D eigenvalue weighted by Gasteiger charge is 2.26. The molecule has 0 fully saturated rings. The second-order valence-electron chi connectivity index (χ2n) is 7.14. The van der Waals surface area contributed by atoms with Crippen LogP contribution in [0.4, 0.5) is 5.82 Å². The van der Waals surface area contributed by atoms with Gasteiger partial charge in [-0.3, -0.25) is 14.5 Å². The zero-order chi connectivity index (χ0) is 21.6. The van der Waals surface area contributed by atoms with Crippen molar-refractivity contribution in [2.75, 3.05) is 4.90 Å². The number of pyridine rings is 1. The van der Waals surface area contributed by atoms with Gasteiger partial charge in [-0.05, 0) is 30.7 Å². The summed E-state index contributed by atoms with van der Waals surface area (Å²) in [6.07, 6.45) is 1.64. The first kappa shape index (κ1) is 20.2. The smallest absolute Gasteiger partial charge is 0.267 e. The highest BCUT2D eigenvalue weighted by molar-refractivity contribution is 5.94. The Kier molecular flexibility index (Phi) is 5.98. The minimum absolute atomic E-state index is 0.262. The van der Waals surface area contributed by atoms with Gasteiger partial charge in [-0.1, -0.05) is 66.7 Å². The molecule has 2 aromatic carbocycles. The molecule has 0 bridgehead atoms. The van der Waals surface area contributed by atoms with E-state index >= 15 is 0 Å². The fourth-order valence-electron chi connectivity index (χ4n) is 3.35. The van der Waals surface area contributed by atoms with E-state index in [0.717, 1.165) is 11.1 Å². The molecule has 2 heterocycles. The van der Waals surface area contributed by atoms with Crippen molar-refractivity contribution in [1.29, 1.82) is 0 Å². The molecule has 0 aliphatic rings. The molecule has 4 rings (SSSR count). The fourth-order valence-corrected chi connectivity index (χ4v) is 3.35. The Bertz CT molecular complexity index is 1210. The molecular weight excluding hydrogens is 388 g/mol. The van der Waals surface area contributed by atoms with Crippen LogP contribution in [0.25, 0.3) is 11.3 Å². The predicted molar refractivity (Wildman–Crippen MR) is 121 cm³/mol. The molecule has 2 aromatic heterocycles. The van der Waals surface area contributed by atoms with Crippen LogP contribution in [0, 0.1) is 0 Å². The maximum atomic E-state index is 13.5. The molecule has 154 valence electrons. The molecule has 0 saturated heterocycles. The van der Waals surface area contributed by atoms with Gasteiger partial charge in [-0.25, -0.2) is 9.67 Å². The highest BCUT2D eigenvalue weighted by atomic mass is 16.2. The van der Waals surface area contributed by atoms with Gasteiger partial charge in [-0.2, -0.15) is 5.10 Å². The summed E-state index contributed by atoms with van der Waals surface area (Å²) in [6, 6.07) is 27.0. The van der Waals surface area contributed by atoms with Crippen molar-refractivity contribution in [2.24, 2.45) is 0 Å². The number of amides is 1. The number of hydrogen-bond acceptors (Lipinski definition) is 4. The van der Waals surface area contributed by atoms with Crippen molar-refractivity contribution in [3.05, 3.63) is 113 Å². The zero-order valence-corrected chi connectivity index (χ0v) is 17.1. The van der Waals surface area contributed by atoms with Crippen LogP contribution in [0.2, 0.25) is 0 Å². The maximum Gasteiger partial charge on any atom is 0.267 e. The SMILES string of the molecule is CC(C(=O)N(Cc1ccccc1)c1ccccn1)n1nc(-c2ccccc2)ccc1=O. The summed E-state index contributed by atoms with van der Waals surface area (Å²) in [7, 11) is 0. The molecule has 0 N–H and O–H groups in total. The van der Waals surface area contributed by atoms with E-state index in [0.29, 0.717) is 18.1 Å². The maximum absolute atomic E-state index is 13.5. The van der Waals surface area contributed by atoms with E-state index in [4.69, 9.17) is 0 Å². The van der Waals surface area contributed by atoms with Crippen LogP contribution in [-0.2, 0) is 11.3 Å². The van der Waals surface area contributed by atoms with Crippen molar-refractivity contribution in [3.63, 3.8) is 0 Å². The van der Waals surface area contributed by atoms with Gasteiger partial charge in [0.25, 0.3) is 11.5 Å². The second-order valence-corrected chi connectivity index (χ2v) is 7.14. The van der Waals surface area contributed by atoms with Crippen LogP contribution >= 0.6 is 0 Å². The number of nitrogens with zero attached hydrogens (tertiary/aromatic N) is 4. The van der Waals surface area contributed by atoms with Gasteiger partial charge in [0.2, 0.25) is 0 Å². The molecular formula is C25H22N4O2. The van der Waals surface area contributed by atoms with Gasteiger partial charge in [0, 0.05) is 17.8 Å². The topological polar surface area (TPSA) is 68.1 Å². The minimum Gasteiger partial charge on any atom is -0.290 e. The Labute approximate surface area is 180 Å². The Balaban J connectivity index is 1.69. The quantitative estimate of drug-likeness (QED) is 0.480. The normalized spacial score (nSPS) is 11.6. The fraction of sp³-hybridized carbons (Fsp3) is 0.120. The predicted octanol–water partition coefficient (Wildman–Crippen LogP) is 4.10. The number of rotatable bonds is 6. The average molecular weight is 410 g/mol. The monoisotopic (exact) mass is 410 g/mol. The molecule has 1 atom stereocenters. The Hall–Kier alpha value is -4.06. The van der Waals surface area contributed by atoms with E-state index in [1.54, 1.807) is 36.2 Å². The zero-order valence-electron chi connectivity index (χ0n) is 17.1. The highest BCUT2D eigenvalue weighted by Crippen LogP contribution is 2.20. The number of hydrogen-bond donors (Lipinski definition) is 0. The van der Waals surface area contributed by atoms with E-state index in [-0.39, 0.29) is 11.5 Å². The number of carbonyl (C=O) groups excluding carboxylic acids is 1. The van der Waals surface area contributed by atoms with Crippen LogP contribution in [0.1, 0.15) is 18.5 Å². The summed E-state index contributed by atoms with van der Waals surface area (Å²) >= 11 is 0. The molecule has 0 aliphatic heterocycles. The van der Waals surface area contributed by atoms with Gasteiger partial charge < -0.3 is 0 Å². The van der Waals surface area contributed by atoms with E-state index in [2.05, 4.69) is 10.1 Å². The summed E-state index contributed by atoms with van der Waals surface area (Å²) in [6.45, 7) is 2.03. The average Bonchev–Trinajstić information content (AvgIpc) is 2.84. The van der Waals surface area contributed by atoms with Crippen molar-refractivity contribution < 1.29 is 4.79 Å². The molecule has 4 aromatic rings. The molecule has 0 radical (unpaired) electrons. The number of benzene rings is 2. The Morgan fingerprint density at radius 1 is 0.903 bits per heavy atom. The van der Waals surface area contributed by atoms with E-state index in [1.807, 2.05) is 66.7 Å². The van der Waals surface area contributed by atoms with Gasteiger partial charge in [0.1, 0.15) is 11.9 Å². The lowest BCUT2D eigenvalue weighted by Crippen LogP contribution is -2.40.